The Balaban J connectivity index is 0. The maximum Gasteiger partial charge on any atom is 0.129 e. The number of aliphatic imine (C=N–C) groups is 1. The summed E-state index contributed by atoms with van der Waals surface area (Å²) in [5, 5.41) is 0. The lowest BCUT2D eigenvalue weighted by atomic mass is 10.0. The molecule has 0 atom stereocenters. The molecule has 2 rings (SSSR count). The van der Waals surface area contributed by atoms with Gasteiger partial charge in [-0.25, -0.2) is 0 Å². The summed E-state index contributed by atoms with van der Waals surface area (Å²) in [5.41, 5.74) is 8.57. The van der Waals surface area contributed by atoms with E-state index in [0.29, 0.717) is 6.42 Å². The summed E-state index contributed by atoms with van der Waals surface area (Å²) >= 11 is 0. The molecule has 0 unspecified atom stereocenters. The van der Waals surface area contributed by atoms with Crippen LogP contribution in [0, 0.1) is 20.8 Å². The van der Waals surface area contributed by atoms with Crippen LogP contribution < -0.4 is 0 Å². The molecule has 0 radical (unpaired) electrons. The molecule has 0 aliphatic heterocycles. The molecule has 0 saturated heterocycles. The van der Waals surface area contributed by atoms with E-state index in [4.69, 9.17) is 4.99 Å². The highest BCUT2D eigenvalue weighted by Gasteiger charge is 2.09. The van der Waals surface area contributed by atoms with Crippen molar-refractivity contribution in [2.24, 2.45) is 4.99 Å². The van der Waals surface area contributed by atoms with E-state index in [0.717, 1.165) is 31.0 Å². The quantitative estimate of drug-likeness (QED) is 0.333. The third-order valence-electron chi connectivity index (χ3n) is 5.33. The second-order valence-corrected chi connectivity index (χ2v) is 8.47. The number of hydrogen-bond acceptors (Lipinski definition) is 3. The van der Waals surface area contributed by atoms with Crippen molar-refractivity contribution in [2.75, 3.05) is 13.1 Å². The van der Waals surface area contributed by atoms with Crippen LogP contribution in [0.5, 0.6) is 0 Å². The molecule has 0 N–H and O–H groups in total. The molecule has 0 spiro atoms. The zero-order chi connectivity index (χ0) is 27.4. The van der Waals surface area contributed by atoms with E-state index in [1.54, 1.807) is 6.92 Å². The number of Topliss-reactive ketones (excluding diaryl/α,β-unsaturated/α-hetero) is 1. The highest BCUT2D eigenvalue weighted by Crippen LogP contribution is 2.23. The normalized spacial score (nSPS) is 10.4. The smallest absolute Gasteiger partial charge is 0.129 e. The van der Waals surface area contributed by atoms with Gasteiger partial charge in [0.1, 0.15) is 5.78 Å². The summed E-state index contributed by atoms with van der Waals surface area (Å²) in [6.45, 7) is 27.8. The van der Waals surface area contributed by atoms with Crippen molar-refractivity contribution >= 4 is 17.2 Å². The van der Waals surface area contributed by atoms with Gasteiger partial charge in [-0.05, 0) is 100 Å². The fraction of sp³-hybridized carbons (Fsp3) is 0.562. The summed E-state index contributed by atoms with van der Waals surface area (Å²) < 4.78 is 0. The van der Waals surface area contributed by atoms with Gasteiger partial charge in [0.25, 0.3) is 0 Å². The summed E-state index contributed by atoms with van der Waals surface area (Å²) in [5.74, 6) is 0.255. The summed E-state index contributed by atoms with van der Waals surface area (Å²) in [6, 6.07) is 13.3. The monoisotopic (exact) mass is 482 g/mol. The zero-order valence-electron chi connectivity index (χ0n) is 25.0. The molecule has 35 heavy (non-hydrogen) atoms. The Morgan fingerprint density at radius 1 is 0.800 bits per heavy atom. The number of ketones is 1. The van der Waals surface area contributed by atoms with Gasteiger partial charge in [0.15, 0.2) is 0 Å². The van der Waals surface area contributed by atoms with Crippen molar-refractivity contribution in [1.82, 2.24) is 4.90 Å². The molecule has 0 fully saturated rings. The lowest BCUT2D eigenvalue weighted by Crippen LogP contribution is -2.25. The largest absolute Gasteiger partial charge is 0.300 e. The van der Waals surface area contributed by atoms with Crippen LogP contribution in [-0.2, 0) is 11.3 Å². The van der Waals surface area contributed by atoms with Crippen LogP contribution in [0.2, 0.25) is 0 Å². The molecule has 198 valence electrons. The molecule has 0 aliphatic rings. The van der Waals surface area contributed by atoms with E-state index in [2.05, 4.69) is 82.8 Å². The van der Waals surface area contributed by atoms with Gasteiger partial charge in [-0.15, -0.1) is 0 Å². The molecule has 0 heterocycles. The fourth-order valence-corrected chi connectivity index (χ4v) is 3.40. The summed E-state index contributed by atoms with van der Waals surface area (Å²) in [4.78, 5) is 17.3. The second-order valence-electron chi connectivity index (χ2n) is 8.47. The van der Waals surface area contributed by atoms with Crippen LogP contribution in [0.15, 0.2) is 41.4 Å². The van der Waals surface area contributed by atoms with Gasteiger partial charge in [0.2, 0.25) is 0 Å². The standard InChI is InChI=1S/C24H34N2.C4H8O.2C2H6/c1-7-13-26(14-8-2)17-22-12-11-19(4)23(16-22)21(6)25-24-15-18(3)9-10-20(24)5;1-3-4(2)5;2*1-2/h9-12,15-16H,7-8,13-14,17H2,1-6H3;3H2,1-2H3;2*1-2H3. The zero-order valence-corrected chi connectivity index (χ0v) is 25.0. The lowest BCUT2D eigenvalue weighted by Gasteiger charge is -2.21. The maximum atomic E-state index is 9.81. The Morgan fingerprint density at radius 2 is 1.31 bits per heavy atom. The van der Waals surface area contributed by atoms with E-state index < -0.39 is 0 Å². The molecule has 3 nitrogen and oxygen atoms in total. The summed E-state index contributed by atoms with van der Waals surface area (Å²) in [7, 11) is 0. The average Bonchev–Trinajstić information content (AvgIpc) is 2.85. The first-order chi connectivity index (χ1) is 16.7. The van der Waals surface area contributed by atoms with Crippen LogP contribution in [0.3, 0.4) is 0 Å². The predicted molar refractivity (Wildman–Crippen MR) is 158 cm³/mol. The fourth-order valence-electron chi connectivity index (χ4n) is 3.40. The Bertz CT molecular complexity index is 862. The molecule has 0 aliphatic carbocycles. The van der Waals surface area contributed by atoms with Crippen LogP contribution in [0.4, 0.5) is 5.69 Å². The molecule has 0 bridgehead atoms. The van der Waals surface area contributed by atoms with E-state index in [-0.39, 0.29) is 5.78 Å². The van der Waals surface area contributed by atoms with Crippen molar-refractivity contribution < 1.29 is 4.79 Å². The van der Waals surface area contributed by atoms with Gasteiger partial charge >= 0.3 is 0 Å². The lowest BCUT2D eigenvalue weighted by molar-refractivity contribution is -0.116. The number of carbonyl (C=O) groups excluding carboxylic acids is 1. The van der Waals surface area contributed by atoms with Gasteiger partial charge in [0, 0.05) is 18.7 Å². The minimum Gasteiger partial charge on any atom is -0.300 e. The van der Waals surface area contributed by atoms with Crippen molar-refractivity contribution in [3.05, 3.63) is 64.2 Å². The van der Waals surface area contributed by atoms with Gasteiger partial charge in [-0.3, -0.25) is 9.89 Å². The van der Waals surface area contributed by atoms with Crippen molar-refractivity contribution in [3.8, 4) is 0 Å². The van der Waals surface area contributed by atoms with Gasteiger partial charge < -0.3 is 4.79 Å². The Morgan fingerprint density at radius 3 is 1.80 bits per heavy atom. The van der Waals surface area contributed by atoms with Crippen LogP contribution in [0.1, 0.15) is 109 Å². The number of hydrogen-bond donors (Lipinski definition) is 0. The molecule has 0 saturated carbocycles. The highest BCUT2D eigenvalue weighted by molar-refractivity contribution is 6.01. The first kappa shape index (κ1) is 34.9. The van der Waals surface area contributed by atoms with Crippen molar-refractivity contribution in [2.45, 2.75) is 109 Å². The Hall–Kier alpha value is -2.26. The molecule has 3 heteroatoms. The van der Waals surface area contributed by atoms with E-state index in [9.17, 15) is 4.79 Å². The van der Waals surface area contributed by atoms with Crippen molar-refractivity contribution in [1.29, 1.82) is 0 Å². The Labute approximate surface area is 218 Å². The number of benzene rings is 2. The molecular weight excluding hydrogens is 428 g/mol. The number of carbonyl (C=O) groups is 1. The minimum atomic E-state index is 0.255. The predicted octanol–water partition coefficient (Wildman–Crippen LogP) is 9.41. The summed E-state index contributed by atoms with van der Waals surface area (Å²) in [6.07, 6.45) is 3.07. The van der Waals surface area contributed by atoms with Crippen LogP contribution in [-0.4, -0.2) is 29.5 Å². The van der Waals surface area contributed by atoms with Gasteiger partial charge in [-0.2, -0.15) is 0 Å². The molecule has 0 aromatic heterocycles. The van der Waals surface area contributed by atoms with Crippen molar-refractivity contribution in [3.63, 3.8) is 0 Å². The SMILES string of the molecule is CC.CC.CCC(C)=O.CCCN(CCC)Cc1ccc(C)c(C(C)=Nc2cc(C)ccc2C)c1. The second kappa shape index (κ2) is 21.1. The van der Waals surface area contributed by atoms with E-state index in [1.807, 2.05) is 34.6 Å². The first-order valence-corrected chi connectivity index (χ1v) is 13.7. The van der Waals surface area contributed by atoms with Crippen LogP contribution in [0.25, 0.3) is 0 Å². The molecular formula is C32H54N2O. The average molecular weight is 483 g/mol. The maximum absolute atomic E-state index is 9.81. The number of aryl methyl sites for hydroxylation is 3. The minimum absolute atomic E-state index is 0.255. The molecule has 2 aromatic carbocycles. The molecule has 0 amide bonds. The van der Waals surface area contributed by atoms with Gasteiger partial charge in [-0.1, -0.05) is 72.7 Å². The van der Waals surface area contributed by atoms with E-state index in [1.165, 1.54) is 40.7 Å². The Kier molecular flexibility index (Phi) is 21.0. The number of rotatable bonds is 9. The highest BCUT2D eigenvalue weighted by atomic mass is 16.1. The third-order valence-corrected chi connectivity index (χ3v) is 5.33. The van der Waals surface area contributed by atoms with E-state index >= 15 is 0 Å². The first-order valence-electron chi connectivity index (χ1n) is 13.7. The van der Waals surface area contributed by atoms with Gasteiger partial charge in [0.05, 0.1) is 5.69 Å². The number of nitrogens with zero attached hydrogens (tertiary/aromatic N) is 2. The molecule has 2 aromatic rings. The van der Waals surface area contributed by atoms with Crippen LogP contribution >= 0.6 is 0 Å². The third kappa shape index (κ3) is 14.7. The topological polar surface area (TPSA) is 32.7 Å².